The van der Waals surface area contributed by atoms with Crippen molar-refractivity contribution >= 4 is 11.9 Å². The van der Waals surface area contributed by atoms with Gasteiger partial charge in [-0.15, -0.1) is 0 Å². The largest absolute Gasteiger partial charge is 0.479 e. The summed E-state index contributed by atoms with van der Waals surface area (Å²) in [7, 11) is 1.70. The number of nitrogens with one attached hydrogen (secondary N) is 1. The van der Waals surface area contributed by atoms with Gasteiger partial charge in [0, 0.05) is 25.2 Å². The molecular formula is C13H17N3O3. The van der Waals surface area contributed by atoms with E-state index in [4.69, 9.17) is 0 Å². The van der Waals surface area contributed by atoms with E-state index in [1.54, 1.807) is 13.2 Å². The monoisotopic (exact) mass is 263 g/mol. The van der Waals surface area contributed by atoms with Crippen LogP contribution < -0.4 is 5.32 Å². The van der Waals surface area contributed by atoms with Gasteiger partial charge < -0.3 is 10.4 Å². The molecule has 0 fully saturated rings. The molecule has 0 spiro atoms. The molecule has 1 aliphatic rings. The van der Waals surface area contributed by atoms with E-state index in [2.05, 4.69) is 10.4 Å². The van der Waals surface area contributed by atoms with E-state index < -0.39 is 12.0 Å². The average molecular weight is 263 g/mol. The Morgan fingerprint density at radius 2 is 2.42 bits per heavy atom. The minimum absolute atomic E-state index is 0.225. The Balaban J connectivity index is 1.98. The lowest BCUT2D eigenvalue weighted by Gasteiger charge is -2.14. The van der Waals surface area contributed by atoms with Gasteiger partial charge in [-0.25, -0.2) is 4.79 Å². The molecule has 2 N–H and O–H groups in total. The molecule has 1 aliphatic carbocycles. The van der Waals surface area contributed by atoms with Crippen LogP contribution in [0.4, 0.5) is 0 Å². The maximum Gasteiger partial charge on any atom is 0.331 e. The third-order valence-corrected chi connectivity index (χ3v) is 3.17. The Bertz CT molecular complexity index is 507. The normalized spacial score (nSPS) is 19.3. The van der Waals surface area contributed by atoms with Crippen molar-refractivity contribution in [2.45, 2.75) is 25.3 Å². The van der Waals surface area contributed by atoms with Crippen molar-refractivity contribution in [3.63, 3.8) is 0 Å². The second-order valence-corrected chi connectivity index (χ2v) is 4.76. The van der Waals surface area contributed by atoms with Gasteiger partial charge in [0.1, 0.15) is 0 Å². The van der Waals surface area contributed by atoms with Crippen molar-refractivity contribution in [1.29, 1.82) is 0 Å². The molecule has 0 radical (unpaired) electrons. The van der Waals surface area contributed by atoms with Gasteiger partial charge in [0.05, 0.1) is 6.20 Å². The zero-order valence-electron chi connectivity index (χ0n) is 10.7. The highest BCUT2D eigenvalue weighted by molar-refractivity contribution is 5.84. The average Bonchev–Trinajstić information content (AvgIpc) is 2.97. The highest BCUT2D eigenvalue weighted by atomic mass is 16.4. The van der Waals surface area contributed by atoms with Crippen LogP contribution in [-0.2, 0) is 16.6 Å². The number of aliphatic carboxylic acids is 1. The van der Waals surface area contributed by atoms with Crippen LogP contribution in [-0.4, -0.2) is 26.8 Å². The zero-order chi connectivity index (χ0) is 13.8. The Morgan fingerprint density at radius 3 is 2.95 bits per heavy atom. The SMILES string of the molecule is Cn1cc(C(NC(=O)CC2C=CCC2)C(=O)O)cn1. The molecule has 2 rings (SSSR count). The third kappa shape index (κ3) is 3.43. The molecule has 19 heavy (non-hydrogen) atoms. The second kappa shape index (κ2) is 5.69. The van der Waals surface area contributed by atoms with Gasteiger partial charge in [-0.3, -0.25) is 9.48 Å². The van der Waals surface area contributed by atoms with Crippen LogP contribution >= 0.6 is 0 Å². The summed E-state index contributed by atoms with van der Waals surface area (Å²) in [5.41, 5.74) is 0.477. The maximum atomic E-state index is 11.9. The molecule has 6 heteroatoms. The van der Waals surface area contributed by atoms with E-state index in [9.17, 15) is 14.7 Å². The number of aryl methyl sites for hydroxylation is 1. The zero-order valence-corrected chi connectivity index (χ0v) is 10.7. The summed E-state index contributed by atoms with van der Waals surface area (Å²) in [6.07, 6.45) is 9.39. The quantitative estimate of drug-likeness (QED) is 0.777. The van der Waals surface area contributed by atoms with Gasteiger partial charge in [0.2, 0.25) is 5.91 Å². The van der Waals surface area contributed by atoms with Crippen molar-refractivity contribution in [2.75, 3.05) is 0 Å². The molecule has 0 aliphatic heterocycles. The molecule has 0 aromatic carbocycles. The first kappa shape index (κ1) is 13.3. The van der Waals surface area contributed by atoms with Crippen LogP contribution in [0.3, 0.4) is 0 Å². The van der Waals surface area contributed by atoms with Crippen LogP contribution in [0.15, 0.2) is 24.5 Å². The van der Waals surface area contributed by atoms with Crippen molar-refractivity contribution in [2.24, 2.45) is 13.0 Å². The minimum Gasteiger partial charge on any atom is -0.479 e. The molecule has 0 saturated carbocycles. The number of carboxylic acid groups (broad SMARTS) is 1. The number of carbonyl (C=O) groups excluding carboxylic acids is 1. The lowest BCUT2D eigenvalue weighted by molar-refractivity contribution is -0.142. The van der Waals surface area contributed by atoms with Crippen molar-refractivity contribution in [1.82, 2.24) is 15.1 Å². The van der Waals surface area contributed by atoms with E-state index in [0.717, 1.165) is 12.8 Å². The second-order valence-electron chi connectivity index (χ2n) is 4.76. The van der Waals surface area contributed by atoms with Crippen molar-refractivity contribution in [3.8, 4) is 0 Å². The number of hydrogen-bond donors (Lipinski definition) is 2. The summed E-state index contributed by atoms with van der Waals surface area (Å²) in [6, 6.07) is -1.04. The molecule has 1 heterocycles. The smallest absolute Gasteiger partial charge is 0.331 e. The summed E-state index contributed by atoms with van der Waals surface area (Å²) < 4.78 is 1.51. The maximum absolute atomic E-state index is 11.9. The molecule has 6 nitrogen and oxygen atoms in total. The van der Waals surface area contributed by atoms with Gasteiger partial charge in [-0.05, 0) is 18.8 Å². The predicted molar refractivity (Wildman–Crippen MR) is 68.2 cm³/mol. The van der Waals surface area contributed by atoms with Gasteiger partial charge in [-0.2, -0.15) is 5.10 Å². The fourth-order valence-electron chi connectivity index (χ4n) is 2.20. The van der Waals surface area contributed by atoms with Gasteiger partial charge in [-0.1, -0.05) is 12.2 Å². The summed E-state index contributed by atoms with van der Waals surface area (Å²) in [6.45, 7) is 0. The van der Waals surface area contributed by atoms with E-state index in [1.165, 1.54) is 10.9 Å². The summed E-state index contributed by atoms with van der Waals surface area (Å²) >= 11 is 0. The summed E-state index contributed by atoms with van der Waals surface area (Å²) in [4.78, 5) is 23.1. The summed E-state index contributed by atoms with van der Waals surface area (Å²) in [5.74, 6) is -1.10. The van der Waals surface area contributed by atoms with Crippen LogP contribution in [0.5, 0.6) is 0 Å². The number of carboxylic acids is 1. The number of amides is 1. The molecule has 1 aromatic heterocycles. The predicted octanol–water partition coefficient (Wildman–Crippen LogP) is 1.02. The van der Waals surface area contributed by atoms with Crippen LogP contribution in [0.1, 0.15) is 30.9 Å². The van der Waals surface area contributed by atoms with Crippen molar-refractivity contribution < 1.29 is 14.7 Å². The molecule has 0 saturated heterocycles. The molecule has 102 valence electrons. The van der Waals surface area contributed by atoms with Gasteiger partial charge in [0.25, 0.3) is 0 Å². The van der Waals surface area contributed by atoms with E-state index in [1.807, 2.05) is 12.2 Å². The Kier molecular flexibility index (Phi) is 3.99. The first-order valence-electron chi connectivity index (χ1n) is 6.23. The molecule has 2 unspecified atom stereocenters. The highest BCUT2D eigenvalue weighted by Crippen LogP contribution is 2.21. The number of nitrogens with zero attached hydrogens (tertiary/aromatic N) is 2. The molecule has 0 bridgehead atoms. The molecular weight excluding hydrogens is 246 g/mol. The number of rotatable bonds is 5. The molecule has 1 aromatic rings. The molecule has 1 amide bonds. The minimum atomic E-state index is -1.08. The number of hydrogen-bond acceptors (Lipinski definition) is 3. The standard InChI is InChI=1S/C13H17N3O3/c1-16-8-10(7-14-16)12(13(18)19)15-11(17)6-9-4-2-3-5-9/h2,4,7-9,12H,3,5-6H2,1H3,(H,15,17)(H,18,19). The lowest BCUT2D eigenvalue weighted by Crippen LogP contribution is -2.34. The Morgan fingerprint density at radius 1 is 1.63 bits per heavy atom. The van der Waals surface area contributed by atoms with Crippen molar-refractivity contribution in [3.05, 3.63) is 30.1 Å². The first-order valence-corrected chi connectivity index (χ1v) is 6.23. The number of aromatic nitrogens is 2. The third-order valence-electron chi connectivity index (χ3n) is 3.17. The van der Waals surface area contributed by atoms with Crippen LogP contribution in [0, 0.1) is 5.92 Å². The Labute approximate surface area is 111 Å². The highest BCUT2D eigenvalue weighted by Gasteiger charge is 2.24. The fourth-order valence-corrected chi connectivity index (χ4v) is 2.20. The fraction of sp³-hybridized carbons (Fsp3) is 0.462. The van der Waals surface area contributed by atoms with Gasteiger partial charge >= 0.3 is 5.97 Å². The molecule has 2 atom stereocenters. The van der Waals surface area contributed by atoms with E-state index in [-0.39, 0.29) is 11.8 Å². The van der Waals surface area contributed by atoms with Gasteiger partial charge in [0.15, 0.2) is 6.04 Å². The first-order chi connectivity index (χ1) is 9.06. The Hall–Kier alpha value is -2.11. The van der Waals surface area contributed by atoms with Crippen LogP contribution in [0.2, 0.25) is 0 Å². The number of allylic oxidation sites excluding steroid dienone is 2. The van der Waals surface area contributed by atoms with E-state index >= 15 is 0 Å². The topological polar surface area (TPSA) is 84.2 Å². The van der Waals surface area contributed by atoms with Crippen LogP contribution in [0.25, 0.3) is 0 Å². The van der Waals surface area contributed by atoms with E-state index in [0.29, 0.717) is 12.0 Å². The lowest BCUT2D eigenvalue weighted by atomic mass is 10.0. The summed E-state index contributed by atoms with van der Waals surface area (Å²) in [5, 5.41) is 15.6. The number of carbonyl (C=O) groups is 2.